The minimum absolute atomic E-state index is 0.0786. The zero-order valence-corrected chi connectivity index (χ0v) is 22.8. The Hall–Kier alpha value is -3.25. The molecule has 2 aromatic rings. The zero-order valence-electron chi connectivity index (χ0n) is 21.3. The second-order valence-electron chi connectivity index (χ2n) is 9.42. The van der Waals surface area contributed by atoms with Crippen molar-refractivity contribution in [1.29, 1.82) is 0 Å². The van der Waals surface area contributed by atoms with Gasteiger partial charge in [-0.25, -0.2) is 9.80 Å². The van der Waals surface area contributed by atoms with Gasteiger partial charge in [-0.3, -0.25) is 9.59 Å². The minimum Gasteiger partial charge on any atom is -0.333 e. The highest BCUT2D eigenvalue weighted by molar-refractivity contribution is 6.42. The lowest BCUT2D eigenvalue weighted by molar-refractivity contribution is -0.189. The molecule has 2 atom stereocenters. The molecule has 0 radical (unpaired) electrons. The summed E-state index contributed by atoms with van der Waals surface area (Å²) < 4.78 is 0. The first-order valence-corrected chi connectivity index (χ1v) is 13.4. The van der Waals surface area contributed by atoms with E-state index in [1.165, 1.54) is 5.01 Å². The van der Waals surface area contributed by atoms with Crippen LogP contribution in [0.15, 0.2) is 48.5 Å². The van der Waals surface area contributed by atoms with Crippen LogP contribution < -0.4 is 5.32 Å². The van der Waals surface area contributed by atoms with Gasteiger partial charge < -0.3 is 15.1 Å². The zero-order chi connectivity index (χ0) is 27.2. The van der Waals surface area contributed by atoms with E-state index in [0.717, 1.165) is 24.0 Å². The number of hydrogen-bond donors (Lipinski definition) is 1. The molecule has 0 spiro atoms. The molecular weight excluding hydrogens is 525 g/mol. The molecule has 38 heavy (non-hydrogen) atoms. The number of terminal acetylenes is 1. The fourth-order valence-electron chi connectivity index (χ4n) is 4.97. The van der Waals surface area contributed by atoms with Crippen LogP contribution in [0.5, 0.6) is 0 Å². The number of benzene rings is 2. The fourth-order valence-corrected chi connectivity index (χ4v) is 5.29. The summed E-state index contributed by atoms with van der Waals surface area (Å²) >= 11 is 12.3. The summed E-state index contributed by atoms with van der Waals surface area (Å²) in [6, 6.07) is 13.7. The van der Waals surface area contributed by atoms with Crippen molar-refractivity contribution in [2.75, 3.05) is 19.6 Å². The van der Waals surface area contributed by atoms with Crippen LogP contribution in [0.1, 0.15) is 37.3 Å². The van der Waals surface area contributed by atoms with E-state index in [9.17, 15) is 14.4 Å². The van der Waals surface area contributed by atoms with Crippen LogP contribution in [-0.2, 0) is 22.7 Å². The highest BCUT2D eigenvalue weighted by Gasteiger charge is 2.51. The second-order valence-corrected chi connectivity index (χ2v) is 10.2. The molecule has 2 aliphatic heterocycles. The summed E-state index contributed by atoms with van der Waals surface area (Å²) in [6.45, 7) is 2.75. The predicted octanol–water partition coefficient (Wildman–Crippen LogP) is 4.12. The van der Waals surface area contributed by atoms with E-state index in [4.69, 9.17) is 29.6 Å². The van der Waals surface area contributed by atoms with Crippen LogP contribution in [0.25, 0.3) is 0 Å². The lowest BCUT2D eigenvalue weighted by atomic mass is 10.0. The monoisotopic (exact) mass is 555 g/mol. The van der Waals surface area contributed by atoms with E-state index < -0.39 is 12.2 Å². The Kier molecular flexibility index (Phi) is 9.16. The Bertz CT molecular complexity index is 1220. The molecule has 10 heteroatoms. The molecule has 0 aromatic heterocycles. The molecular formula is C28H31Cl2N5O3. The topological polar surface area (TPSA) is 76.2 Å². The number of unbranched alkanes of at least 4 members (excludes halogenated alkanes) is 1. The first-order valence-electron chi connectivity index (χ1n) is 12.7. The smallest absolute Gasteiger partial charge is 0.333 e. The van der Waals surface area contributed by atoms with Gasteiger partial charge in [0.1, 0.15) is 12.2 Å². The number of nitrogens with zero attached hydrogens (tertiary/aromatic N) is 4. The minimum atomic E-state index is -0.706. The third-order valence-corrected chi connectivity index (χ3v) is 7.53. The number of nitrogens with one attached hydrogen (secondary N) is 1. The van der Waals surface area contributed by atoms with Crippen LogP contribution in [0.4, 0.5) is 4.79 Å². The van der Waals surface area contributed by atoms with Gasteiger partial charge in [0.25, 0.3) is 0 Å². The number of carbonyl (C=O) groups is 3. The van der Waals surface area contributed by atoms with E-state index >= 15 is 0 Å². The average Bonchev–Trinajstić information content (AvgIpc) is 2.90. The van der Waals surface area contributed by atoms with E-state index in [0.29, 0.717) is 23.0 Å². The Balaban J connectivity index is 1.65. The Labute approximate surface area is 233 Å². The number of fused-ring (bicyclic) bond motifs is 1. The Morgan fingerprint density at radius 3 is 2.55 bits per heavy atom. The molecule has 1 N–H and O–H groups in total. The molecule has 2 aromatic carbocycles. The summed E-state index contributed by atoms with van der Waals surface area (Å²) in [6.07, 6.45) is 7.04. The summed E-state index contributed by atoms with van der Waals surface area (Å²) in [4.78, 5) is 43.9. The number of urea groups is 1. The van der Waals surface area contributed by atoms with Gasteiger partial charge in [0.05, 0.1) is 29.7 Å². The van der Waals surface area contributed by atoms with Gasteiger partial charge in [-0.05, 0) is 29.7 Å². The number of amides is 4. The molecule has 0 unspecified atom stereocenters. The normalized spacial score (nSPS) is 19.8. The van der Waals surface area contributed by atoms with Gasteiger partial charge in [0, 0.05) is 13.1 Å². The molecule has 8 nitrogen and oxygen atoms in total. The third-order valence-electron chi connectivity index (χ3n) is 6.79. The van der Waals surface area contributed by atoms with E-state index in [2.05, 4.69) is 11.2 Å². The first-order chi connectivity index (χ1) is 18.3. The van der Waals surface area contributed by atoms with E-state index in [1.54, 1.807) is 26.9 Å². The quantitative estimate of drug-likeness (QED) is 0.497. The van der Waals surface area contributed by atoms with Crippen LogP contribution in [0, 0.1) is 12.3 Å². The SMILES string of the molecule is C#CCN1CC(=O)N2[C@@H](CCCC)C(=O)N(Cc3ccc(Cl)c(Cl)c3)C[C@@H]2N1C(=O)NCc1ccccc1. The summed E-state index contributed by atoms with van der Waals surface area (Å²) in [5.74, 6) is 2.18. The maximum atomic E-state index is 13.7. The van der Waals surface area contributed by atoms with Crippen LogP contribution in [-0.4, -0.2) is 69.5 Å². The van der Waals surface area contributed by atoms with Crippen molar-refractivity contribution in [2.45, 2.75) is 51.5 Å². The van der Waals surface area contributed by atoms with Crippen molar-refractivity contribution in [3.8, 4) is 12.3 Å². The van der Waals surface area contributed by atoms with Crippen molar-refractivity contribution < 1.29 is 14.4 Å². The van der Waals surface area contributed by atoms with Crippen molar-refractivity contribution in [2.24, 2.45) is 0 Å². The summed E-state index contributed by atoms with van der Waals surface area (Å²) in [7, 11) is 0. The molecule has 2 fully saturated rings. The summed E-state index contributed by atoms with van der Waals surface area (Å²) in [5, 5.41) is 6.87. The molecule has 0 saturated carbocycles. The number of piperazine rings is 1. The maximum Gasteiger partial charge on any atom is 0.334 e. The molecule has 2 saturated heterocycles. The van der Waals surface area contributed by atoms with Gasteiger partial charge in [0.2, 0.25) is 11.8 Å². The molecule has 2 heterocycles. The number of carbonyl (C=O) groups excluding carboxylic acids is 3. The number of hydrazine groups is 1. The number of hydrogen-bond acceptors (Lipinski definition) is 4. The third kappa shape index (κ3) is 6.07. The van der Waals surface area contributed by atoms with Gasteiger partial charge >= 0.3 is 6.03 Å². The lowest BCUT2D eigenvalue weighted by Crippen LogP contribution is -2.76. The van der Waals surface area contributed by atoms with Crippen LogP contribution in [0.3, 0.4) is 0 Å². The molecule has 2 aliphatic rings. The predicted molar refractivity (Wildman–Crippen MR) is 147 cm³/mol. The Morgan fingerprint density at radius 2 is 1.87 bits per heavy atom. The molecule has 4 amide bonds. The summed E-state index contributed by atoms with van der Waals surface area (Å²) in [5.41, 5.74) is 1.74. The van der Waals surface area contributed by atoms with Crippen LogP contribution >= 0.6 is 23.2 Å². The standard InChI is InChI=1S/C28H31Cl2N5O3/c1-3-5-11-24-27(37)32(17-21-12-13-22(29)23(30)15-21)18-25-34(24)26(36)19-33(14-4-2)35(25)28(38)31-16-20-9-7-6-8-10-20/h2,6-10,12-13,15,24-25H,3,5,11,14,16-19H2,1H3,(H,31,38)/t24-,25-/m0/s1. The lowest BCUT2D eigenvalue weighted by Gasteiger charge is -2.55. The molecule has 200 valence electrons. The fraction of sp³-hybridized carbons (Fsp3) is 0.393. The van der Waals surface area contributed by atoms with Crippen molar-refractivity contribution in [1.82, 2.24) is 25.1 Å². The number of halogens is 2. The molecule has 0 aliphatic carbocycles. The first kappa shape index (κ1) is 27.8. The second kappa shape index (κ2) is 12.5. The van der Waals surface area contributed by atoms with Gasteiger partial charge in [-0.2, -0.15) is 5.01 Å². The maximum absolute atomic E-state index is 13.7. The molecule has 4 rings (SSSR count). The Morgan fingerprint density at radius 1 is 1.11 bits per heavy atom. The highest BCUT2D eigenvalue weighted by Crippen LogP contribution is 2.30. The van der Waals surface area contributed by atoms with Crippen molar-refractivity contribution in [3.05, 3.63) is 69.7 Å². The van der Waals surface area contributed by atoms with E-state index in [1.807, 2.05) is 43.3 Å². The van der Waals surface area contributed by atoms with Crippen LogP contribution in [0.2, 0.25) is 10.0 Å². The average molecular weight is 556 g/mol. The van der Waals surface area contributed by atoms with Gasteiger partial charge in [-0.15, -0.1) is 6.42 Å². The van der Waals surface area contributed by atoms with E-state index in [-0.39, 0.29) is 44.0 Å². The van der Waals surface area contributed by atoms with Crippen molar-refractivity contribution in [3.63, 3.8) is 0 Å². The number of rotatable bonds is 8. The van der Waals surface area contributed by atoms with Gasteiger partial charge in [0.15, 0.2) is 0 Å². The van der Waals surface area contributed by atoms with Crippen molar-refractivity contribution >= 4 is 41.0 Å². The van der Waals surface area contributed by atoms with Gasteiger partial charge in [-0.1, -0.05) is 85.3 Å². The highest BCUT2D eigenvalue weighted by atomic mass is 35.5. The molecule has 0 bridgehead atoms. The largest absolute Gasteiger partial charge is 0.334 e.